The molecule has 0 fully saturated rings. The molecule has 1 aromatic carbocycles. The number of hydrogen-bond acceptors (Lipinski definition) is 6. The first-order valence-corrected chi connectivity index (χ1v) is 7.75. The van der Waals surface area contributed by atoms with Crippen molar-refractivity contribution in [3.63, 3.8) is 0 Å². The van der Waals surface area contributed by atoms with Crippen LogP contribution in [-0.4, -0.2) is 50.3 Å². The molecule has 0 saturated carbocycles. The van der Waals surface area contributed by atoms with E-state index >= 15 is 0 Å². The Balaban J connectivity index is 2.64. The SMILES string of the molecule is CCOC(=O)CCN(CC(=O)OCC)Cc1ccc(OC)cc1. The molecule has 0 spiro atoms. The van der Waals surface area contributed by atoms with E-state index in [0.29, 0.717) is 26.3 Å². The third-order valence-electron chi connectivity index (χ3n) is 3.16. The molecule has 1 aromatic rings. The van der Waals surface area contributed by atoms with E-state index in [2.05, 4.69) is 0 Å². The fraction of sp³-hybridized carbons (Fsp3) is 0.529. The number of nitrogens with zero attached hydrogens (tertiary/aromatic N) is 1. The van der Waals surface area contributed by atoms with Gasteiger partial charge in [0.15, 0.2) is 0 Å². The van der Waals surface area contributed by atoms with Gasteiger partial charge in [-0.3, -0.25) is 14.5 Å². The third-order valence-corrected chi connectivity index (χ3v) is 3.16. The number of methoxy groups -OCH3 is 1. The van der Waals surface area contributed by atoms with Crippen molar-refractivity contribution in [3.05, 3.63) is 29.8 Å². The molecule has 6 heteroatoms. The molecule has 0 aromatic heterocycles. The first-order chi connectivity index (χ1) is 11.1. The number of carbonyl (C=O) groups excluding carboxylic acids is 2. The maximum Gasteiger partial charge on any atom is 0.320 e. The average molecular weight is 323 g/mol. The molecule has 0 saturated heterocycles. The fourth-order valence-corrected chi connectivity index (χ4v) is 2.07. The van der Waals surface area contributed by atoms with Crippen LogP contribution < -0.4 is 4.74 Å². The van der Waals surface area contributed by atoms with E-state index in [0.717, 1.165) is 11.3 Å². The summed E-state index contributed by atoms with van der Waals surface area (Å²) in [7, 11) is 1.61. The minimum atomic E-state index is -0.301. The van der Waals surface area contributed by atoms with Crippen molar-refractivity contribution in [2.24, 2.45) is 0 Å². The molecule has 0 aliphatic carbocycles. The minimum absolute atomic E-state index is 0.138. The van der Waals surface area contributed by atoms with Gasteiger partial charge in [-0.05, 0) is 31.5 Å². The largest absolute Gasteiger partial charge is 0.497 e. The molecule has 0 atom stereocenters. The van der Waals surface area contributed by atoms with Crippen LogP contribution in [0.1, 0.15) is 25.8 Å². The lowest BCUT2D eigenvalue weighted by Gasteiger charge is -2.21. The second-order valence-electron chi connectivity index (χ2n) is 4.92. The molecule has 0 unspecified atom stereocenters. The molecule has 0 heterocycles. The van der Waals surface area contributed by atoms with Crippen molar-refractivity contribution in [1.29, 1.82) is 0 Å². The van der Waals surface area contributed by atoms with Gasteiger partial charge < -0.3 is 14.2 Å². The van der Waals surface area contributed by atoms with E-state index in [1.807, 2.05) is 29.2 Å². The Morgan fingerprint density at radius 3 is 2.17 bits per heavy atom. The molecule has 0 bridgehead atoms. The lowest BCUT2D eigenvalue weighted by atomic mass is 10.2. The standard InChI is InChI=1S/C17H25NO5/c1-4-22-16(19)10-11-18(13-17(20)23-5-2)12-14-6-8-15(21-3)9-7-14/h6-9H,4-5,10-13H2,1-3H3. The van der Waals surface area contributed by atoms with Crippen LogP contribution in [0, 0.1) is 0 Å². The van der Waals surface area contributed by atoms with Gasteiger partial charge in [0.25, 0.3) is 0 Å². The van der Waals surface area contributed by atoms with Crippen LogP contribution in [-0.2, 0) is 25.6 Å². The second-order valence-corrected chi connectivity index (χ2v) is 4.92. The van der Waals surface area contributed by atoms with E-state index in [-0.39, 0.29) is 24.9 Å². The van der Waals surface area contributed by atoms with Crippen LogP contribution in [0.15, 0.2) is 24.3 Å². The highest BCUT2D eigenvalue weighted by molar-refractivity contribution is 5.72. The lowest BCUT2D eigenvalue weighted by molar-refractivity contribution is -0.147. The maximum absolute atomic E-state index is 11.7. The van der Waals surface area contributed by atoms with Crippen molar-refractivity contribution in [1.82, 2.24) is 4.90 Å². The van der Waals surface area contributed by atoms with Gasteiger partial charge in [0.1, 0.15) is 5.75 Å². The van der Waals surface area contributed by atoms with E-state index in [1.54, 1.807) is 21.0 Å². The Morgan fingerprint density at radius 2 is 1.61 bits per heavy atom. The zero-order chi connectivity index (χ0) is 17.1. The van der Waals surface area contributed by atoms with Gasteiger partial charge in [0, 0.05) is 13.1 Å². The van der Waals surface area contributed by atoms with Crippen LogP contribution in [0.3, 0.4) is 0 Å². The molecule has 6 nitrogen and oxygen atoms in total. The van der Waals surface area contributed by atoms with E-state index in [4.69, 9.17) is 14.2 Å². The van der Waals surface area contributed by atoms with Crippen molar-refractivity contribution in [2.75, 3.05) is 33.4 Å². The van der Waals surface area contributed by atoms with Crippen LogP contribution in [0.4, 0.5) is 0 Å². The molecular weight excluding hydrogens is 298 g/mol. The van der Waals surface area contributed by atoms with Gasteiger partial charge >= 0.3 is 11.9 Å². The highest BCUT2D eigenvalue weighted by Gasteiger charge is 2.14. The summed E-state index contributed by atoms with van der Waals surface area (Å²) in [6.07, 6.45) is 0.239. The smallest absolute Gasteiger partial charge is 0.320 e. The van der Waals surface area contributed by atoms with Gasteiger partial charge in [-0.25, -0.2) is 0 Å². The number of rotatable bonds is 10. The summed E-state index contributed by atoms with van der Waals surface area (Å²) in [6, 6.07) is 7.59. The van der Waals surface area contributed by atoms with Crippen LogP contribution >= 0.6 is 0 Å². The second kappa shape index (κ2) is 10.6. The predicted molar refractivity (Wildman–Crippen MR) is 86.2 cm³/mol. The summed E-state index contributed by atoms with van der Waals surface area (Å²) in [4.78, 5) is 25.1. The quantitative estimate of drug-likeness (QED) is 0.614. The Morgan fingerprint density at radius 1 is 1.00 bits per heavy atom. The number of hydrogen-bond donors (Lipinski definition) is 0. The number of carbonyl (C=O) groups is 2. The lowest BCUT2D eigenvalue weighted by Crippen LogP contribution is -2.32. The Hall–Kier alpha value is -2.08. The summed E-state index contributed by atoms with van der Waals surface area (Å²) >= 11 is 0. The molecular formula is C17H25NO5. The topological polar surface area (TPSA) is 65.1 Å². The van der Waals surface area contributed by atoms with Crippen LogP contribution in [0.5, 0.6) is 5.75 Å². The molecule has 1 rings (SSSR count). The summed E-state index contributed by atoms with van der Waals surface area (Å²) < 4.78 is 15.0. The van der Waals surface area contributed by atoms with Gasteiger partial charge in [-0.1, -0.05) is 12.1 Å². The van der Waals surface area contributed by atoms with Crippen molar-refractivity contribution >= 4 is 11.9 Å². The number of esters is 2. The number of benzene rings is 1. The molecule has 23 heavy (non-hydrogen) atoms. The van der Waals surface area contributed by atoms with Crippen molar-refractivity contribution < 1.29 is 23.8 Å². The van der Waals surface area contributed by atoms with E-state index < -0.39 is 0 Å². The molecule has 128 valence electrons. The summed E-state index contributed by atoms with van der Waals surface area (Å²) in [6.45, 7) is 5.35. The van der Waals surface area contributed by atoms with E-state index in [9.17, 15) is 9.59 Å². The van der Waals surface area contributed by atoms with E-state index in [1.165, 1.54) is 0 Å². The summed E-state index contributed by atoms with van der Waals surface area (Å²) in [5, 5.41) is 0. The normalized spacial score (nSPS) is 10.4. The fourth-order valence-electron chi connectivity index (χ4n) is 2.07. The Kier molecular flexibility index (Phi) is 8.75. The highest BCUT2D eigenvalue weighted by atomic mass is 16.5. The zero-order valence-corrected chi connectivity index (χ0v) is 14.0. The van der Waals surface area contributed by atoms with Crippen LogP contribution in [0.25, 0.3) is 0 Å². The van der Waals surface area contributed by atoms with Crippen molar-refractivity contribution in [2.45, 2.75) is 26.8 Å². The first kappa shape index (κ1) is 19.0. The molecule has 0 aliphatic rings. The predicted octanol–water partition coefficient (Wildman–Crippen LogP) is 2.01. The average Bonchev–Trinajstić information content (AvgIpc) is 2.54. The van der Waals surface area contributed by atoms with Crippen LogP contribution in [0.2, 0.25) is 0 Å². The zero-order valence-electron chi connectivity index (χ0n) is 14.0. The summed E-state index contributed by atoms with van der Waals surface area (Å²) in [5.74, 6) is 0.207. The van der Waals surface area contributed by atoms with Gasteiger partial charge in [-0.2, -0.15) is 0 Å². The van der Waals surface area contributed by atoms with Crippen molar-refractivity contribution in [3.8, 4) is 5.75 Å². The molecule has 0 amide bonds. The molecule has 0 N–H and O–H groups in total. The third kappa shape index (κ3) is 7.65. The Labute approximate surface area is 137 Å². The van der Waals surface area contributed by atoms with Gasteiger partial charge in [-0.15, -0.1) is 0 Å². The first-order valence-electron chi connectivity index (χ1n) is 7.75. The van der Waals surface area contributed by atoms with Gasteiger partial charge in [0.2, 0.25) is 0 Å². The molecule has 0 radical (unpaired) electrons. The van der Waals surface area contributed by atoms with Gasteiger partial charge in [0.05, 0.1) is 33.3 Å². The number of ether oxygens (including phenoxy) is 3. The maximum atomic E-state index is 11.7. The minimum Gasteiger partial charge on any atom is -0.497 e. The highest BCUT2D eigenvalue weighted by Crippen LogP contribution is 2.13. The monoisotopic (exact) mass is 323 g/mol. The molecule has 0 aliphatic heterocycles. The summed E-state index contributed by atoms with van der Waals surface area (Å²) in [5.41, 5.74) is 1.03. The Bertz CT molecular complexity index is 486.